The van der Waals surface area contributed by atoms with Crippen LogP contribution in [0, 0.1) is 11.8 Å². The molecule has 2 atom stereocenters. The number of ether oxygens (including phenoxy) is 5. The Hall–Kier alpha value is -4.19. The molecule has 2 unspecified atom stereocenters. The van der Waals surface area contributed by atoms with Crippen molar-refractivity contribution in [1.29, 1.82) is 0 Å². The van der Waals surface area contributed by atoms with Crippen LogP contribution in [0.25, 0.3) is 0 Å². The molecular weight excluding hydrogens is 656 g/mol. The zero-order chi connectivity index (χ0) is 37.6. The number of esters is 2. The number of phenolic OH excluding ortho intramolecular Hbond substituents is 2. The van der Waals surface area contributed by atoms with Crippen molar-refractivity contribution in [2.45, 2.75) is 89.6 Å². The van der Waals surface area contributed by atoms with E-state index in [-0.39, 0.29) is 47.8 Å². The van der Waals surface area contributed by atoms with Gasteiger partial charge in [0.15, 0.2) is 23.0 Å². The van der Waals surface area contributed by atoms with Crippen LogP contribution in [0.4, 0.5) is 4.79 Å². The highest BCUT2D eigenvalue weighted by Crippen LogP contribution is 2.38. The first-order chi connectivity index (χ1) is 24.3. The summed E-state index contributed by atoms with van der Waals surface area (Å²) in [6.07, 6.45) is 6.06. The normalized spacial score (nSPS) is 16.6. The van der Waals surface area contributed by atoms with E-state index in [9.17, 15) is 24.6 Å². The second-order valence-electron chi connectivity index (χ2n) is 14.4. The Kier molecular flexibility index (Phi) is 16.2. The SMILES string of the molecule is COC(=O)CC(CC1CCN(C(=O)OC(C)(C)C)CC1)c1ccc(O)c(OC)c1.COC(=O)CC(CC1CCNCC1)c1ccc(O)c(OC)c1. The number of amides is 1. The number of carbonyl (C=O) groups is 3. The van der Waals surface area contributed by atoms with Gasteiger partial charge in [-0.25, -0.2) is 4.79 Å². The van der Waals surface area contributed by atoms with E-state index < -0.39 is 5.60 Å². The molecule has 51 heavy (non-hydrogen) atoms. The number of hydrogen-bond donors (Lipinski definition) is 3. The van der Waals surface area contributed by atoms with E-state index >= 15 is 0 Å². The highest BCUT2D eigenvalue weighted by atomic mass is 16.6. The molecule has 0 radical (unpaired) electrons. The molecule has 0 aromatic heterocycles. The summed E-state index contributed by atoms with van der Waals surface area (Å²) >= 11 is 0. The third-order valence-electron chi connectivity index (χ3n) is 9.59. The van der Waals surface area contributed by atoms with Gasteiger partial charge in [0, 0.05) is 13.1 Å². The molecule has 2 aliphatic rings. The molecule has 2 heterocycles. The smallest absolute Gasteiger partial charge is 0.410 e. The molecule has 4 rings (SSSR count). The fourth-order valence-electron chi connectivity index (χ4n) is 6.74. The molecule has 2 aliphatic heterocycles. The van der Waals surface area contributed by atoms with Crippen molar-refractivity contribution in [2.24, 2.45) is 11.8 Å². The molecule has 0 aliphatic carbocycles. The molecule has 12 nitrogen and oxygen atoms in total. The summed E-state index contributed by atoms with van der Waals surface area (Å²) in [6.45, 7) is 8.94. The van der Waals surface area contributed by atoms with Crippen LogP contribution in [-0.4, -0.2) is 93.4 Å². The molecule has 1 amide bonds. The number of hydrogen-bond acceptors (Lipinski definition) is 11. The number of nitrogens with zero attached hydrogens (tertiary/aromatic N) is 1. The molecule has 0 saturated carbocycles. The average Bonchev–Trinajstić information content (AvgIpc) is 3.11. The van der Waals surface area contributed by atoms with Gasteiger partial charge < -0.3 is 44.1 Å². The monoisotopic (exact) mass is 714 g/mol. The molecule has 2 aromatic carbocycles. The van der Waals surface area contributed by atoms with E-state index in [1.807, 2.05) is 39.0 Å². The summed E-state index contributed by atoms with van der Waals surface area (Å²) in [7, 11) is 5.83. The molecule has 2 saturated heterocycles. The Bertz CT molecular complexity index is 1410. The minimum atomic E-state index is -0.503. The summed E-state index contributed by atoms with van der Waals surface area (Å²) in [5, 5.41) is 23.0. The Morgan fingerprint density at radius 2 is 1.18 bits per heavy atom. The molecule has 3 N–H and O–H groups in total. The summed E-state index contributed by atoms with van der Waals surface area (Å²) in [6, 6.07) is 10.5. The lowest BCUT2D eigenvalue weighted by atomic mass is 9.82. The van der Waals surface area contributed by atoms with Crippen molar-refractivity contribution >= 4 is 18.0 Å². The standard InChI is InChI=1S/C22H33NO6.C17H25NO4/c1-22(2,3)29-21(26)23-10-8-15(9-11-23)12-17(14-20(25)28-5)16-6-7-18(24)19(13-16)27-4;1-21-16-10-13(3-4-15(16)19)14(11-17(20)22-2)9-12-5-7-18-8-6-12/h6-7,13,15,17,24H,8-12,14H2,1-5H3;3-4,10,12,14,18-19H,5-9,11H2,1-2H3. The van der Waals surface area contributed by atoms with Gasteiger partial charge in [0.25, 0.3) is 0 Å². The lowest BCUT2D eigenvalue weighted by molar-refractivity contribution is -0.142. The van der Waals surface area contributed by atoms with E-state index in [1.165, 1.54) is 28.4 Å². The van der Waals surface area contributed by atoms with Crippen LogP contribution in [-0.2, 0) is 23.8 Å². The van der Waals surface area contributed by atoms with E-state index in [1.54, 1.807) is 23.1 Å². The van der Waals surface area contributed by atoms with Gasteiger partial charge in [-0.15, -0.1) is 0 Å². The van der Waals surface area contributed by atoms with Gasteiger partial charge in [0.2, 0.25) is 0 Å². The van der Waals surface area contributed by atoms with Gasteiger partial charge in [0.05, 0.1) is 41.3 Å². The summed E-state index contributed by atoms with van der Waals surface area (Å²) < 4.78 is 25.6. The first kappa shape index (κ1) is 41.2. The third kappa shape index (κ3) is 13.5. The van der Waals surface area contributed by atoms with Gasteiger partial charge in [0.1, 0.15) is 5.60 Å². The summed E-state index contributed by atoms with van der Waals surface area (Å²) in [5.41, 5.74) is 1.44. The van der Waals surface area contributed by atoms with Crippen LogP contribution in [0.1, 0.15) is 95.1 Å². The summed E-state index contributed by atoms with van der Waals surface area (Å²) in [4.78, 5) is 37.7. The van der Waals surface area contributed by atoms with Gasteiger partial charge in [-0.05, 0) is 131 Å². The van der Waals surface area contributed by atoms with Crippen LogP contribution in [0.3, 0.4) is 0 Å². The lowest BCUT2D eigenvalue weighted by Gasteiger charge is -2.34. The van der Waals surface area contributed by atoms with Crippen molar-refractivity contribution in [2.75, 3.05) is 54.6 Å². The lowest BCUT2D eigenvalue weighted by Crippen LogP contribution is -2.41. The topological polar surface area (TPSA) is 153 Å². The predicted octanol–water partition coefficient (Wildman–Crippen LogP) is 6.52. The number of benzene rings is 2. The minimum Gasteiger partial charge on any atom is -0.504 e. The first-order valence-electron chi connectivity index (χ1n) is 17.8. The highest BCUT2D eigenvalue weighted by Gasteiger charge is 2.30. The number of carbonyl (C=O) groups excluding carboxylic acids is 3. The van der Waals surface area contributed by atoms with Crippen molar-refractivity contribution < 1.29 is 48.3 Å². The Balaban J connectivity index is 0.000000286. The van der Waals surface area contributed by atoms with E-state index in [0.29, 0.717) is 42.8 Å². The number of phenols is 2. The number of nitrogens with one attached hydrogen (secondary N) is 1. The molecule has 284 valence electrons. The van der Waals surface area contributed by atoms with Crippen molar-refractivity contribution in [3.05, 3.63) is 47.5 Å². The largest absolute Gasteiger partial charge is 0.504 e. The molecule has 0 bridgehead atoms. The predicted molar refractivity (Wildman–Crippen MR) is 193 cm³/mol. The maximum atomic E-state index is 12.3. The van der Waals surface area contributed by atoms with Crippen molar-refractivity contribution in [3.63, 3.8) is 0 Å². The summed E-state index contributed by atoms with van der Waals surface area (Å²) in [5.74, 6) is 1.57. The average molecular weight is 715 g/mol. The maximum absolute atomic E-state index is 12.3. The second-order valence-corrected chi connectivity index (χ2v) is 14.4. The number of piperidine rings is 2. The van der Waals surface area contributed by atoms with E-state index in [4.69, 9.17) is 23.7 Å². The molecule has 12 heteroatoms. The third-order valence-corrected chi connectivity index (χ3v) is 9.59. The van der Waals surface area contributed by atoms with Crippen molar-refractivity contribution in [3.8, 4) is 23.0 Å². The van der Waals surface area contributed by atoms with Crippen LogP contribution in [0.2, 0.25) is 0 Å². The Morgan fingerprint density at radius 3 is 1.57 bits per heavy atom. The van der Waals surface area contributed by atoms with Crippen molar-refractivity contribution in [1.82, 2.24) is 10.2 Å². The van der Waals surface area contributed by atoms with Crippen LogP contribution < -0.4 is 14.8 Å². The van der Waals surface area contributed by atoms with Gasteiger partial charge in [-0.3, -0.25) is 9.59 Å². The maximum Gasteiger partial charge on any atom is 0.410 e. The van der Waals surface area contributed by atoms with E-state index in [2.05, 4.69) is 5.32 Å². The highest BCUT2D eigenvalue weighted by molar-refractivity contribution is 5.71. The van der Waals surface area contributed by atoms with Crippen LogP contribution in [0.15, 0.2) is 36.4 Å². The zero-order valence-corrected chi connectivity index (χ0v) is 31.4. The number of aromatic hydroxyl groups is 2. The van der Waals surface area contributed by atoms with Gasteiger partial charge in [-0.2, -0.15) is 0 Å². The Labute approximate surface area is 302 Å². The molecule has 2 fully saturated rings. The quantitative estimate of drug-likeness (QED) is 0.163. The van der Waals surface area contributed by atoms with E-state index in [0.717, 1.165) is 62.7 Å². The second kappa shape index (κ2) is 20.0. The number of rotatable bonds is 12. The van der Waals surface area contributed by atoms with Crippen LogP contribution >= 0.6 is 0 Å². The fourth-order valence-corrected chi connectivity index (χ4v) is 6.74. The first-order valence-corrected chi connectivity index (χ1v) is 17.8. The number of methoxy groups -OCH3 is 4. The van der Waals surface area contributed by atoms with Gasteiger partial charge >= 0.3 is 18.0 Å². The van der Waals surface area contributed by atoms with Crippen LogP contribution in [0.5, 0.6) is 23.0 Å². The fraction of sp³-hybridized carbons (Fsp3) is 0.615. The Morgan fingerprint density at radius 1 is 0.745 bits per heavy atom. The number of likely N-dealkylation sites (tertiary alicyclic amines) is 1. The molecular formula is C39H58N2O10. The molecule has 0 spiro atoms. The minimum absolute atomic E-state index is 0.0463. The van der Waals surface area contributed by atoms with Gasteiger partial charge in [-0.1, -0.05) is 12.1 Å². The molecule has 2 aromatic rings. The zero-order valence-electron chi connectivity index (χ0n) is 31.4.